The van der Waals surface area contributed by atoms with Gasteiger partial charge >= 0.3 is 17.9 Å². The van der Waals surface area contributed by atoms with Crippen molar-refractivity contribution in [2.75, 3.05) is 13.2 Å². The average Bonchev–Trinajstić information content (AvgIpc) is 3.30. The predicted molar refractivity (Wildman–Crippen MR) is 279 cm³/mol. The first-order valence-corrected chi connectivity index (χ1v) is 26.4. The molecule has 0 aromatic heterocycles. The van der Waals surface area contributed by atoms with E-state index in [1.54, 1.807) is 0 Å². The summed E-state index contributed by atoms with van der Waals surface area (Å²) in [5.41, 5.74) is 0. The van der Waals surface area contributed by atoms with Crippen LogP contribution in [0.5, 0.6) is 0 Å². The first-order valence-electron chi connectivity index (χ1n) is 26.4. The highest BCUT2D eigenvalue weighted by Crippen LogP contribution is 2.12. The second kappa shape index (κ2) is 52.7. The zero-order chi connectivity index (χ0) is 47.2. The molecule has 0 bridgehead atoms. The lowest BCUT2D eigenvalue weighted by molar-refractivity contribution is -0.167. The van der Waals surface area contributed by atoms with E-state index in [9.17, 15) is 14.4 Å². The highest BCUT2D eigenvalue weighted by Gasteiger charge is 2.19. The monoisotopic (exact) mass is 901 g/mol. The number of hydrogen-bond donors (Lipinski definition) is 0. The Balaban J connectivity index is 4.53. The topological polar surface area (TPSA) is 78.9 Å². The molecule has 0 aromatic rings. The standard InChI is InChI=1S/C59H96O6/c1-4-7-10-13-16-19-22-25-28-29-32-34-37-40-43-46-49-52-58(61)64-55-56(65-59(62)53-50-47-44-41-38-35-31-27-24-21-18-15-12-9-6-3)54-63-57(60)51-48-45-42-39-36-33-30-26-23-20-17-14-11-8-5-2/h7,10,16-21,25-28,30-32,34,38,41,56H,4-6,8-9,11-15,22-24,29,33,35-37,39-40,42-55H2,1-3H3/b10-7-,19-16-,20-17-,21-18-,28-25-,30-26-,31-27-,34-32-,41-38-/t56-/m0/s1. The maximum atomic E-state index is 12.8. The Bertz CT molecular complexity index is 1360. The van der Waals surface area contributed by atoms with Gasteiger partial charge in [-0.15, -0.1) is 0 Å². The minimum atomic E-state index is -0.816. The summed E-state index contributed by atoms with van der Waals surface area (Å²) < 4.78 is 16.7. The summed E-state index contributed by atoms with van der Waals surface area (Å²) in [7, 11) is 0. The second-order valence-corrected chi connectivity index (χ2v) is 17.0. The van der Waals surface area contributed by atoms with E-state index in [0.29, 0.717) is 19.3 Å². The molecule has 368 valence electrons. The van der Waals surface area contributed by atoms with E-state index in [2.05, 4.69) is 130 Å². The van der Waals surface area contributed by atoms with Crippen molar-refractivity contribution in [3.8, 4) is 0 Å². The van der Waals surface area contributed by atoms with Gasteiger partial charge in [-0.1, -0.05) is 188 Å². The fraction of sp³-hybridized carbons (Fsp3) is 0.644. The van der Waals surface area contributed by atoms with Crippen LogP contribution in [0.15, 0.2) is 109 Å². The van der Waals surface area contributed by atoms with Crippen LogP contribution in [0, 0.1) is 0 Å². The molecule has 65 heavy (non-hydrogen) atoms. The molecule has 0 amide bonds. The number of esters is 3. The molecule has 0 fully saturated rings. The van der Waals surface area contributed by atoms with E-state index < -0.39 is 6.10 Å². The first kappa shape index (κ1) is 61.1. The molecule has 0 radical (unpaired) electrons. The summed E-state index contributed by atoms with van der Waals surface area (Å²) >= 11 is 0. The molecule has 0 aliphatic carbocycles. The van der Waals surface area contributed by atoms with Gasteiger partial charge in [0.25, 0.3) is 0 Å². The van der Waals surface area contributed by atoms with Crippen LogP contribution in [0.4, 0.5) is 0 Å². The number of carbonyl (C=O) groups is 3. The molecule has 0 saturated heterocycles. The highest BCUT2D eigenvalue weighted by atomic mass is 16.6. The highest BCUT2D eigenvalue weighted by molar-refractivity contribution is 5.71. The maximum absolute atomic E-state index is 12.8. The fourth-order valence-electron chi connectivity index (χ4n) is 6.76. The number of allylic oxidation sites excluding steroid dienone is 18. The summed E-state index contributed by atoms with van der Waals surface area (Å²) in [4.78, 5) is 38.0. The largest absolute Gasteiger partial charge is 0.462 e. The number of unbranched alkanes of at least 4 members (excludes halogenated alkanes) is 17. The Hall–Kier alpha value is -3.93. The molecule has 0 saturated carbocycles. The number of rotatable bonds is 46. The molecule has 6 nitrogen and oxygen atoms in total. The first-order chi connectivity index (χ1) is 32.0. The van der Waals surface area contributed by atoms with Crippen molar-refractivity contribution in [2.24, 2.45) is 0 Å². The molecule has 1 atom stereocenters. The quantitative estimate of drug-likeness (QED) is 0.0262. The van der Waals surface area contributed by atoms with E-state index in [0.717, 1.165) is 128 Å². The lowest BCUT2D eigenvalue weighted by Crippen LogP contribution is -2.30. The van der Waals surface area contributed by atoms with Gasteiger partial charge in [0.15, 0.2) is 6.10 Å². The van der Waals surface area contributed by atoms with Crippen molar-refractivity contribution in [3.05, 3.63) is 109 Å². The molecule has 0 rings (SSSR count). The summed E-state index contributed by atoms with van der Waals surface area (Å²) in [6.07, 6.45) is 70.7. The lowest BCUT2D eigenvalue weighted by Gasteiger charge is -2.18. The predicted octanol–water partition coefficient (Wildman–Crippen LogP) is 17.5. The summed E-state index contributed by atoms with van der Waals surface area (Å²) in [5, 5.41) is 0. The van der Waals surface area contributed by atoms with Gasteiger partial charge in [0.2, 0.25) is 0 Å². The van der Waals surface area contributed by atoms with Crippen LogP contribution in [0.25, 0.3) is 0 Å². The Labute approximate surface area is 400 Å². The number of carbonyl (C=O) groups excluding carboxylic acids is 3. The van der Waals surface area contributed by atoms with E-state index in [1.807, 2.05) is 0 Å². The number of hydrogen-bond acceptors (Lipinski definition) is 6. The molecule has 0 spiro atoms. The lowest BCUT2D eigenvalue weighted by atomic mass is 10.1. The Kier molecular flexibility index (Phi) is 49.5. The van der Waals surface area contributed by atoms with Gasteiger partial charge in [-0.25, -0.2) is 0 Å². The normalized spacial score (nSPS) is 13.0. The minimum absolute atomic E-state index is 0.111. The van der Waals surface area contributed by atoms with Gasteiger partial charge in [-0.05, 0) is 128 Å². The van der Waals surface area contributed by atoms with E-state index in [4.69, 9.17) is 14.2 Å². The Morgan fingerprint density at radius 3 is 0.969 bits per heavy atom. The number of ether oxygens (including phenoxy) is 3. The summed E-state index contributed by atoms with van der Waals surface area (Å²) in [6.45, 7) is 6.39. The average molecular weight is 901 g/mol. The molecule has 0 aliphatic rings. The molecule has 0 N–H and O–H groups in total. The zero-order valence-corrected chi connectivity index (χ0v) is 42.0. The molecule has 0 unspecified atom stereocenters. The zero-order valence-electron chi connectivity index (χ0n) is 42.0. The minimum Gasteiger partial charge on any atom is -0.462 e. The third-order valence-corrected chi connectivity index (χ3v) is 10.7. The van der Waals surface area contributed by atoms with Crippen LogP contribution < -0.4 is 0 Å². The van der Waals surface area contributed by atoms with Crippen molar-refractivity contribution >= 4 is 17.9 Å². The molecule has 6 heteroatoms. The van der Waals surface area contributed by atoms with Crippen LogP contribution in [-0.2, 0) is 28.6 Å². The van der Waals surface area contributed by atoms with Crippen LogP contribution in [0.2, 0.25) is 0 Å². The van der Waals surface area contributed by atoms with Crippen LogP contribution in [0.1, 0.15) is 226 Å². The Morgan fingerprint density at radius 1 is 0.323 bits per heavy atom. The smallest absolute Gasteiger partial charge is 0.306 e. The van der Waals surface area contributed by atoms with Gasteiger partial charge in [0.05, 0.1) is 0 Å². The molecular weight excluding hydrogens is 805 g/mol. The van der Waals surface area contributed by atoms with Crippen molar-refractivity contribution in [2.45, 2.75) is 232 Å². The third-order valence-electron chi connectivity index (χ3n) is 10.7. The van der Waals surface area contributed by atoms with Crippen molar-refractivity contribution in [1.29, 1.82) is 0 Å². The van der Waals surface area contributed by atoms with Gasteiger partial charge in [0, 0.05) is 19.3 Å². The second-order valence-electron chi connectivity index (χ2n) is 17.0. The van der Waals surface area contributed by atoms with Crippen LogP contribution >= 0.6 is 0 Å². The van der Waals surface area contributed by atoms with Gasteiger partial charge < -0.3 is 14.2 Å². The van der Waals surface area contributed by atoms with Crippen molar-refractivity contribution < 1.29 is 28.6 Å². The van der Waals surface area contributed by atoms with Crippen molar-refractivity contribution in [1.82, 2.24) is 0 Å². The van der Waals surface area contributed by atoms with E-state index >= 15 is 0 Å². The van der Waals surface area contributed by atoms with Crippen LogP contribution in [0.3, 0.4) is 0 Å². The summed E-state index contributed by atoms with van der Waals surface area (Å²) in [5.74, 6) is -0.991. The Morgan fingerprint density at radius 2 is 0.600 bits per heavy atom. The van der Waals surface area contributed by atoms with E-state index in [-0.39, 0.29) is 37.5 Å². The van der Waals surface area contributed by atoms with Gasteiger partial charge in [-0.3, -0.25) is 14.4 Å². The molecule has 0 aliphatic heterocycles. The van der Waals surface area contributed by atoms with Gasteiger partial charge in [-0.2, -0.15) is 0 Å². The fourth-order valence-corrected chi connectivity index (χ4v) is 6.76. The SMILES string of the molecule is CC/C=C\C/C=C\C/C=C\C/C=C\CCCCCCC(=O)OC[C@H](COC(=O)CCCCCCC/C=C\C/C=C\CCCCC)OC(=O)CCCC/C=C\C/C=C\C/C=C\CCCCC. The third kappa shape index (κ3) is 50.9. The molecule has 0 heterocycles. The van der Waals surface area contributed by atoms with Crippen molar-refractivity contribution in [3.63, 3.8) is 0 Å². The van der Waals surface area contributed by atoms with E-state index in [1.165, 1.54) is 51.4 Å². The van der Waals surface area contributed by atoms with Gasteiger partial charge in [0.1, 0.15) is 13.2 Å². The van der Waals surface area contributed by atoms with Crippen LogP contribution in [-0.4, -0.2) is 37.2 Å². The molecular formula is C59H96O6. The molecule has 0 aromatic carbocycles. The maximum Gasteiger partial charge on any atom is 0.306 e. The summed E-state index contributed by atoms with van der Waals surface area (Å²) in [6, 6.07) is 0.